The zero-order valence-electron chi connectivity index (χ0n) is 11.2. The highest BCUT2D eigenvalue weighted by molar-refractivity contribution is 5.28. The molecule has 0 heterocycles. The van der Waals surface area contributed by atoms with Gasteiger partial charge in [0.2, 0.25) is 0 Å². The molecule has 0 unspecified atom stereocenters. The number of aryl methyl sites for hydroxylation is 1. The molecule has 1 aromatic carbocycles. The Bertz CT molecular complexity index is 411. The van der Waals surface area contributed by atoms with Crippen LogP contribution in [0.15, 0.2) is 18.2 Å². The molecule has 18 heavy (non-hydrogen) atoms. The average molecular weight is 251 g/mol. The fraction of sp³-hybridized carbons (Fsp3) is 0.600. The van der Waals surface area contributed by atoms with Gasteiger partial charge < -0.3 is 10.4 Å². The third kappa shape index (κ3) is 3.09. The molecular weight excluding hydrogens is 229 g/mol. The van der Waals surface area contributed by atoms with Crippen LogP contribution in [0.2, 0.25) is 0 Å². The lowest BCUT2D eigenvalue weighted by molar-refractivity contribution is -0.00256. The van der Waals surface area contributed by atoms with Gasteiger partial charge in [-0.25, -0.2) is 4.39 Å². The number of benzene rings is 1. The lowest BCUT2D eigenvalue weighted by Crippen LogP contribution is -2.41. The first-order valence-corrected chi connectivity index (χ1v) is 6.67. The Hall–Kier alpha value is -0.930. The monoisotopic (exact) mass is 251 g/mol. The van der Waals surface area contributed by atoms with E-state index >= 15 is 0 Å². The maximum Gasteiger partial charge on any atom is 0.123 e. The maximum atomic E-state index is 13.0. The van der Waals surface area contributed by atoms with Crippen molar-refractivity contribution in [2.75, 3.05) is 7.05 Å². The summed E-state index contributed by atoms with van der Waals surface area (Å²) in [6, 6.07) is 5.34. The molecule has 1 fully saturated rings. The summed E-state index contributed by atoms with van der Waals surface area (Å²) < 4.78 is 13.0. The van der Waals surface area contributed by atoms with Crippen molar-refractivity contribution < 1.29 is 9.50 Å². The average Bonchev–Trinajstić information content (AvgIpc) is 2.34. The molecule has 0 bridgehead atoms. The first-order chi connectivity index (χ1) is 8.52. The van der Waals surface area contributed by atoms with Gasteiger partial charge in [0, 0.05) is 12.5 Å². The summed E-state index contributed by atoms with van der Waals surface area (Å²) in [6.07, 6.45) is 4.28. The van der Waals surface area contributed by atoms with Crippen molar-refractivity contribution in [1.82, 2.24) is 5.32 Å². The van der Waals surface area contributed by atoms with E-state index in [-0.39, 0.29) is 5.82 Å². The SMILES string of the molecule is CNC1CCC(O)(Cc2ccc(F)cc2C)CC1. The lowest BCUT2D eigenvalue weighted by Gasteiger charge is -2.36. The van der Waals surface area contributed by atoms with Gasteiger partial charge in [-0.15, -0.1) is 0 Å². The minimum Gasteiger partial charge on any atom is -0.390 e. The van der Waals surface area contributed by atoms with Crippen LogP contribution in [0.1, 0.15) is 36.8 Å². The van der Waals surface area contributed by atoms with Crippen molar-refractivity contribution in [3.05, 3.63) is 35.1 Å². The molecule has 0 saturated heterocycles. The third-order valence-electron chi connectivity index (χ3n) is 4.15. The molecule has 2 nitrogen and oxygen atoms in total. The Kier molecular flexibility index (Phi) is 4.03. The molecule has 0 aliphatic heterocycles. The Morgan fingerprint density at radius 3 is 2.61 bits per heavy atom. The Morgan fingerprint density at radius 1 is 1.39 bits per heavy atom. The number of nitrogens with one attached hydrogen (secondary N) is 1. The predicted octanol–water partition coefficient (Wildman–Crippen LogP) is 2.57. The van der Waals surface area contributed by atoms with E-state index in [4.69, 9.17) is 0 Å². The second-order valence-corrected chi connectivity index (χ2v) is 5.53. The van der Waals surface area contributed by atoms with Crippen LogP contribution in [0.5, 0.6) is 0 Å². The highest BCUT2D eigenvalue weighted by Crippen LogP contribution is 2.32. The second-order valence-electron chi connectivity index (χ2n) is 5.53. The zero-order valence-corrected chi connectivity index (χ0v) is 11.2. The van der Waals surface area contributed by atoms with Gasteiger partial charge in [0.15, 0.2) is 0 Å². The summed E-state index contributed by atoms with van der Waals surface area (Å²) >= 11 is 0. The van der Waals surface area contributed by atoms with E-state index in [1.165, 1.54) is 12.1 Å². The number of hydrogen-bond donors (Lipinski definition) is 2. The summed E-state index contributed by atoms with van der Waals surface area (Å²) in [5.41, 5.74) is 1.37. The van der Waals surface area contributed by atoms with Gasteiger partial charge in [-0.05, 0) is 62.9 Å². The van der Waals surface area contributed by atoms with Gasteiger partial charge in [-0.3, -0.25) is 0 Å². The molecule has 2 rings (SSSR count). The van der Waals surface area contributed by atoms with Crippen LogP contribution in [-0.2, 0) is 6.42 Å². The van der Waals surface area contributed by atoms with Gasteiger partial charge in [0.25, 0.3) is 0 Å². The summed E-state index contributed by atoms with van der Waals surface area (Å²) in [6.45, 7) is 1.90. The third-order valence-corrected chi connectivity index (χ3v) is 4.15. The van der Waals surface area contributed by atoms with Crippen LogP contribution in [0.25, 0.3) is 0 Å². The molecule has 1 saturated carbocycles. The highest BCUT2D eigenvalue weighted by atomic mass is 19.1. The van der Waals surface area contributed by atoms with E-state index in [2.05, 4.69) is 5.32 Å². The van der Waals surface area contributed by atoms with Crippen LogP contribution in [0.3, 0.4) is 0 Å². The van der Waals surface area contributed by atoms with Crippen LogP contribution < -0.4 is 5.32 Å². The van der Waals surface area contributed by atoms with Gasteiger partial charge in [-0.2, -0.15) is 0 Å². The second kappa shape index (κ2) is 5.37. The zero-order chi connectivity index (χ0) is 13.2. The van der Waals surface area contributed by atoms with Crippen LogP contribution in [0.4, 0.5) is 4.39 Å². The molecule has 2 N–H and O–H groups in total. The summed E-state index contributed by atoms with van der Waals surface area (Å²) in [5, 5.41) is 13.9. The van der Waals surface area contributed by atoms with Crippen molar-refractivity contribution in [2.24, 2.45) is 0 Å². The molecule has 0 radical (unpaired) electrons. The van der Waals surface area contributed by atoms with E-state index in [0.29, 0.717) is 12.5 Å². The first-order valence-electron chi connectivity index (χ1n) is 6.67. The molecule has 0 amide bonds. The standard InChI is InChI=1S/C15H22FNO/c1-11-9-13(16)4-3-12(11)10-15(18)7-5-14(17-2)6-8-15/h3-4,9,14,17-18H,5-8,10H2,1-2H3. The van der Waals surface area contributed by atoms with Gasteiger partial charge in [-0.1, -0.05) is 6.07 Å². The smallest absolute Gasteiger partial charge is 0.123 e. The van der Waals surface area contributed by atoms with Gasteiger partial charge in [0.1, 0.15) is 5.82 Å². The maximum absolute atomic E-state index is 13.0. The number of hydrogen-bond acceptors (Lipinski definition) is 2. The van der Waals surface area contributed by atoms with Gasteiger partial charge in [0.05, 0.1) is 5.60 Å². The predicted molar refractivity (Wildman–Crippen MR) is 71.1 cm³/mol. The Labute approximate surface area is 108 Å². The van der Waals surface area contributed by atoms with E-state index in [9.17, 15) is 9.50 Å². The van der Waals surface area contributed by atoms with Crippen LogP contribution in [-0.4, -0.2) is 23.8 Å². The van der Waals surface area contributed by atoms with E-state index in [1.54, 1.807) is 6.07 Å². The van der Waals surface area contributed by atoms with Crippen molar-refractivity contribution >= 4 is 0 Å². The van der Waals surface area contributed by atoms with Crippen LogP contribution >= 0.6 is 0 Å². The summed E-state index contributed by atoms with van der Waals surface area (Å²) in [4.78, 5) is 0. The molecule has 0 atom stereocenters. The number of halogens is 1. The summed E-state index contributed by atoms with van der Waals surface area (Å²) in [7, 11) is 1.97. The van der Waals surface area contributed by atoms with Crippen molar-refractivity contribution in [1.29, 1.82) is 0 Å². The number of aliphatic hydroxyl groups is 1. The quantitative estimate of drug-likeness (QED) is 0.865. The fourth-order valence-corrected chi connectivity index (χ4v) is 2.83. The molecule has 3 heteroatoms. The molecule has 100 valence electrons. The Balaban J connectivity index is 2.04. The number of rotatable bonds is 3. The van der Waals surface area contributed by atoms with Crippen LogP contribution in [0, 0.1) is 12.7 Å². The molecule has 0 spiro atoms. The minimum atomic E-state index is -0.615. The van der Waals surface area contributed by atoms with Crippen molar-refractivity contribution in [3.63, 3.8) is 0 Å². The molecule has 0 aromatic heterocycles. The fourth-order valence-electron chi connectivity index (χ4n) is 2.83. The Morgan fingerprint density at radius 2 is 2.06 bits per heavy atom. The molecule has 1 aliphatic rings. The largest absolute Gasteiger partial charge is 0.390 e. The molecule has 1 aliphatic carbocycles. The normalized spacial score (nSPS) is 28.3. The van der Waals surface area contributed by atoms with Gasteiger partial charge >= 0.3 is 0 Å². The highest BCUT2D eigenvalue weighted by Gasteiger charge is 2.33. The minimum absolute atomic E-state index is 0.206. The molecule has 1 aromatic rings. The topological polar surface area (TPSA) is 32.3 Å². The molecular formula is C15H22FNO. The van der Waals surface area contributed by atoms with E-state index in [0.717, 1.165) is 36.8 Å². The van der Waals surface area contributed by atoms with E-state index in [1.807, 2.05) is 14.0 Å². The first kappa shape index (κ1) is 13.5. The summed E-state index contributed by atoms with van der Waals surface area (Å²) in [5.74, 6) is -0.206. The van der Waals surface area contributed by atoms with E-state index < -0.39 is 5.60 Å². The lowest BCUT2D eigenvalue weighted by atomic mass is 9.78. The van der Waals surface area contributed by atoms with Crippen molar-refractivity contribution in [3.8, 4) is 0 Å². The van der Waals surface area contributed by atoms with Crippen molar-refractivity contribution in [2.45, 2.75) is 50.7 Å².